The van der Waals surface area contributed by atoms with Crippen molar-refractivity contribution < 1.29 is 9.13 Å². The molecule has 1 aromatic carbocycles. The number of thiophene rings is 1. The Morgan fingerprint density at radius 2 is 2.19 bits per heavy atom. The van der Waals surface area contributed by atoms with Crippen LogP contribution in [0.25, 0.3) is 10.2 Å². The zero-order chi connectivity index (χ0) is 14.8. The van der Waals surface area contributed by atoms with Gasteiger partial charge in [0, 0.05) is 13.1 Å². The molecule has 0 aliphatic carbocycles. The van der Waals surface area contributed by atoms with Gasteiger partial charge in [-0.1, -0.05) is 0 Å². The van der Waals surface area contributed by atoms with Crippen LogP contribution in [0.4, 0.5) is 10.2 Å². The number of rotatable bonds is 4. The van der Waals surface area contributed by atoms with Crippen molar-refractivity contribution in [3.8, 4) is 5.75 Å². The Kier molecular flexibility index (Phi) is 4.03. The van der Waals surface area contributed by atoms with E-state index in [9.17, 15) is 4.39 Å². The number of hydrogen-bond donors (Lipinski definition) is 1. The number of nitrogens with zero attached hydrogens (tertiary/aromatic N) is 2. The molecule has 0 unspecified atom stereocenters. The molecule has 0 saturated carbocycles. The van der Waals surface area contributed by atoms with E-state index in [-0.39, 0.29) is 12.4 Å². The van der Waals surface area contributed by atoms with Crippen LogP contribution in [-0.4, -0.2) is 17.0 Å². The Hall–Kier alpha value is -1.73. The highest BCUT2D eigenvalue weighted by Gasteiger charge is 2.09. The average Bonchev–Trinajstić information content (AvgIpc) is 2.96. The Labute approximate surface area is 133 Å². The van der Waals surface area contributed by atoms with Crippen molar-refractivity contribution in [2.45, 2.75) is 6.61 Å². The Morgan fingerprint density at radius 3 is 2.95 bits per heavy atom. The number of anilines is 1. The van der Waals surface area contributed by atoms with Gasteiger partial charge in [-0.15, -0.1) is 11.3 Å². The number of ether oxygens (including phenoxy) is 1. The van der Waals surface area contributed by atoms with Gasteiger partial charge in [0.2, 0.25) is 0 Å². The van der Waals surface area contributed by atoms with E-state index in [0.29, 0.717) is 16.0 Å². The van der Waals surface area contributed by atoms with Crippen molar-refractivity contribution in [3.05, 3.63) is 45.8 Å². The molecule has 0 aliphatic rings. The van der Waals surface area contributed by atoms with Crippen molar-refractivity contribution in [2.24, 2.45) is 0 Å². The van der Waals surface area contributed by atoms with Crippen LogP contribution in [0.1, 0.15) is 5.82 Å². The first-order chi connectivity index (χ1) is 10.2. The third-order valence-electron chi connectivity index (χ3n) is 2.87. The van der Waals surface area contributed by atoms with Crippen LogP contribution >= 0.6 is 27.3 Å². The molecular weight excluding hydrogens is 357 g/mol. The summed E-state index contributed by atoms with van der Waals surface area (Å²) in [5.74, 6) is 1.40. The van der Waals surface area contributed by atoms with Crippen LogP contribution in [0.5, 0.6) is 5.75 Å². The first kappa shape index (κ1) is 14.2. The molecule has 0 saturated heterocycles. The summed E-state index contributed by atoms with van der Waals surface area (Å²) in [6, 6.07) is 6.59. The standard InChI is InChI=1S/C14H11BrFN3OS/c1-17-13-9-4-5-21-14(9)19-12(18-13)7-20-8-2-3-10(15)11(16)6-8/h2-6H,7H2,1H3,(H,17,18,19). The first-order valence-electron chi connectivity index (χ1n) is 6.17. The van der Waals surface area contributed by atoms with Gasteiger partial charge < -0.3 is 10.1 Å². The van der Waals surface area contributed by atoms with E-state index in [1.54, 1.807) is 23.5 Å². The van der Waals surface area contributed by atoms with Crippen molar-refractivity contribution >= 4 is 43.3 Å². The van der Waals surface area contributed by atoms with Crippen molar-refractivity contribution in [1.29, 1.82) is 0 Å². The number of halogens is 2. The zero-order valence-corrected chi connectivity index (χ0v) is 13.5. The first-order valence-corrected chi connectivity index (χ1v) is 7.84. The molecule has 0 aliphatic heterocycles. The SMILES string of the molecule is CNc1nc(COc2ccc(Br)c(F)c2)nc2sccc12. The summed E-state index contributed by atoms with van der Waals surface area (Å²) in [5.41, 5.74) is 0. The molecule has 1 N–H and O–H groups in total. The molecular formula is C14H11BrFN3OS. The highest BCUT2D eigenvalue weighted by Crippen LogP contribution is 2.25. The van der Waals surface area contributed by atoms with Gasteiger partial charge in [-0.3, -0.25) is 0 Å². The maximum atomic E-state index is 13.4. The van der Waals surface area contributed by atoms with Gasteiger partial charge in [-0.25, -0.2) is 14.4 Å². The summed E-state index contributed by atoms with van der Waals surface area (Å²) >= 11 is 4.65. The topological polar surface area (TPSA) is 47.0 Å². The summed E-state index contributed by atoms with van der Waals surface area (Å²) in [5, 5.41) is 6.00. The number of hydrogen-bond acceptors (Lipinski definition) is 5. The molecule has 4 nitrogen and oxygen atoms in total. The molecule has 0 fully saturated rings. The van der Waals surface area contributed by atoms with Crippen LogP contribution in [0.2, 0.25) is 0 Å². The second kappa shape index (κ2) is 5.95. The van der Waals surface area contributed by atoms with Crippen molar-refractivity contribution in [2.75, 3.05) is 12.4 Å². The van der Waals surface area contributed by atoms with Crippen LogP contribution < -0.4 is 10.1 Å². The minimum Gasteiger partial charge on any atom is -0.486 e. The fourth-order valence-corrected chi connectivity index (χ4v) is 2.90. The molecule has 3 rings (SSSR count). The quantitative estimate of drug-likeness (QED) is 0.749. The number of fused-ring (bicyclic) bond motifs is 1. The average molecular weight is 368 g/mol. The van der Waals surface area contributed by atoms with Crippen LogP contribution in [-0.2, 0) is 6.61 Å². The van der Waals surface area contributed by atoms with E-state index in [4.69, 9.17) is 4.74 Å². The van der Waals surface area contributed by atoms with E-state index >= 15 is 0 Å². The molecule has 21 heavy (non-hydrogen) atoms. The summed E-state index contributed by atoms with van der Waals surface area (Å²) in [4.78, 5) is 9.74. The predicted molar refractivity (Wildman–Crippen MR) is 85.4 cm³/mol. The summed E-state index contributed by atoms with van der Waals surface area (Å²) in [7, 11) is 1.81. The van der Waals surface area contributed by atoms with Gasteiger partial charge in [-0.05, 0) is 39.5 Å². The molecule has 0 radical (unpaired) electrons. The molecule has 108 valence electrons. The molecule has 0 atom stereocenters. The lowest BCUT2D eigenvalue weighted by atomic mass is 10.3. The molecule has 7 heteroatoms. The van der Waals surface area contributed by atoms with Gasteiger partial charge in [0.15, 0.2) is 5.82 Å². The normalized spacial score (nSPS) is 10.8. The van der Waals surface area contributed by atoms with Gasteiger partial charge in [-0.2, -0.15) is 0 Å². The van der Waals surface area contributed by atoms with E-state index < -0.39 is 0 Å². The molecule has 0 spiro atoms. The second-order valence-electron chi connectivity index (χ2n) is 4.24. The molecule has 2 aromatic heterocycles. The highest BCUT2D eigenvalue weighted by atomic mass is 79.9. The lowest BCUT2D eigenvalue weighted by Gasteiger charge is -2.08. The van der Waals surface area contributed by atoms with E-state index in [1.807, 2.05) is 18.5 Å². The molecule has 0 bridgehead atoms. The predicted octanol–water partition coefficient (Wildman–Crippen LogP) is 4.21. The van der Waals surface area contributed by atoms with Crippen molar-refractivity contribution in [1.82, 2.24) is 9.97 Å². The number of nitrogens with one attached hydrogen (secondary N) is 1. The third-order valence-corrected chi connectivity index (χ3v) is 4.32. The monoisotopic (exact) mass is 367 g/mol. The van der Waals surface area contributed by atoms with Crippen LogP contribution in [0, 0.1) is 5.82 Å². The van der Waals surface area contributed by atoms with E-state index in [2.05, 4.69) is 31.2 Å². The van der Waals surface area contributed by atoms with Gasteiger partial charge in [0.1, 0.15) is 28.8 Å². The largest absolute Gasteiger partial charge is 0.486 e. The summed E-state index contributed by atoms with van der Waals surface area (Å²) in [6.45, 7) is 0.184. The molecule has 2 heterocycles. The van der Waals surface area contributed by atoms with Crippen LogP contribution in [0.15, 0.2) is 34.1 Å². The number of benzene rings is 1. The maximum Gasteiger partial charge on any atom is 0.169 e. The minimum atomic E-state index is -0.363. The van der Waals surface area contributed by atoms with Crippen molar-refractivity contribution in [3.63, 3.8) is 0 Å². The van der Waals surface area contributed by atoms with Gasteiger partial charge in [0.25, 0.3) is 0 Å². The summed E-state index contributed by atoms with van der Waals surface area (Å²) < 4.78 is 19.4. The van der Waals surface area contributed by atoms with Gasteiger partial charge >= 0.3 is 0 Å². The van der Waals surface area contributed by atoms with E-state index in [1.165, 1.54) is 6.07 Å². The molecule has 3 aromatic rings. The van der Waals surface area contributed by atoms with Crippen LogP contribution in [0.3, 0.4) is 0 Å². The highest BCUT2D eigenvalue weighted by molar-refractivity contribution is 9.10. The smallest absolute Gasteiger partial charge is 0.169 e. The molecule has 0 amide bonds. The zero-order valence-electron chi connectivity index (χ0n) is 11.1. The Morgan fingerprint density at radius 1 is 1.33 bits per heavy atom. The second-order valence-corrected chi connectivity index (χ2v) is 5.99. The third kappa shape index (κ3) is 2.98. The maximum absolute atomic E-state index is 13.4. The Bertz CT molecular complexity index is 793. The number of aromatic nitrogens is 2. The van der Waals surface area contributed by atoms with Gasteiger partial charge in [0.05, 0.1) is 9.86 Å². The fraction of sp³-hybridized carbons (Fsp3) is 0.143. The fourth-order valence-electron chi connectivity index (χ4n) is 1.87. The summed E-state index contributed by atoms with van der Waals surface area (Å²) in [6.07, 6.45) is 0. The lowest BCUT2D eigenvalue weighted by molar-refractivity contribution is 0.295. The Balaban J connectivity index is 1.82. The van der Waals surface area contributed by atoms with E-state index in [0.717, 1.165) is 16.0 Å². The minimum absolute atomic E-state index is 0.184. The lowest BCUT2D eigenvalue weighted by Crippen LogP contribution is -2.04.